The minimum Gasteiger partial charge on any atom is -0.502 e. The van der Waals surface area contributed by atoms with Crippen LogP contribution in [0.3, 0.4) is 0 Å². The molecule has 0 saturated carbocycles. The van der Waals surface area contributed by atoms with Crippen molar-refractivity contribution < 1.29 is 14.3 Å². The second-order valence-electron chi connectivity index (χ2n) is 8.33. The fraction of sp³-hybridized carbons (Fsp3) is 0.292. The largest absolute Gasteiger partial charge is 0.502 e. The highest BCUT2D eigenvalue weighted by Gasteiger charge is 2.30. The molecule has 4 heterocycles. The zero-order valence-electron chi connectivity index (χ0n) is 18.0. The molecule has 0 spiro atoms. The standard InChI is InChI=1S/C24H24N4O4/c1-14-9-21(29)23(31)24(32-14)18(15-11-25-27(2)12-15)10-22(30)28-8-7-17-16-5-3-4-6-19(16)26-20(17)13-28/h3-6,9,11-12,18,26,31H,7-8,10,13H2,1-2H3/t18-/m1/s1. The van der Waals surface area contributed by atoms with Crippen LogP contribution in [-0.2, 0) is 24.8 Å². The number of hydrogen-bond donors (Lipinski definition) is 2. The van der Waals surface area contributed by atoms with Crippen LogP contribution in [0.4, 0.5) is 0 Å². The molecule has 5 rings (SSSR count). The summed E-state index contributed by atoms with van der Waals surface area (Å²) in [4.78, 5) is 30.8. The van der Waals surface area contributed by atoms with Gasteiger partial charge in [0.2, 0.25) is 17.1 Å². The molecular weight excluding hydrogens is 408 g/mol. The maximum absolute atomic E-state index is 13.4. The van der Waals surface area contributed by atoms with E-state index in [4.69, 9.17) is 4.42 Å². The third-order valence-corrected chi connectivity index (χ3v) is 6.13. The Morgan fingerprint density at radius 3 is 2.94 bits per heavy atom. The average molecular weight is 432 g/mol. The van der Waals surface area contributed by atoms with Crippen LogP contribution in [0.1, 0.15) is 40.7 Å². The van der Waals surface area contributed by atoms with Crippen LogP contribution in [0, 0.1) is 6.92 Å². The molecule has 1 aliphatic heterocycles. The minimum atomic E-state index is -0.618. The molecule has 1 amide bonds. The maximum Gasteiger partial charge on any atom is 0.227 e. The summed E-state index contributed by atoms with van der Waals surface area (Å²) in [7, 11) is 1.77. The first-order valence-electron chi connectivity index (χ1n) is 10.6. The van der Waals surface area contributed by atoms with E-state index < -0.39 is 17.1 Å². The van der Waals surface area contributed by atoms with Crippen molar-refractivity contribution >= 4 is 16.8 Å². The molecule has 8 heteroatoms. The van der Waals surface area contributed by atoms with E-state index in [1.807, 2.05) is 23.1 Å². The Morgan fingerprint density at radius 2 is 2.16 bits per heavy atom. The van der Waals surface area contributed by atoms with E-state index in [0.717, 1.165) is 17.6 Å². The van der Waals surface area contributed by atoms with Gasteiger partial charge in [-0.3, -0.25) is 14.3 Å². The van der Waals surface area contributed by atoms with Gasteiger partial charge in [0.25, 0.3) is 0 Å². The van der Waals surface area contributed by atoms with Crippen LogP contribution >= 0.6 is 0 Å². The number of benzene rings is 1. The minimum absolute atomic E-state index is 0.0568. The van der Waals surface area contributed by atoms with Crippen molar-refractivity contribution in [1.82, 2.24) is 19.7 Å². The number of hydrogen-bond acceptors (Lipinski definition) is 5. The Hall–Kier alpha value is -3.81. The molecule has 0 bridgehead atoms. The Bertz CT molecular complexity index is 1380. The fourth-order valence-corrected chi connectivity index (χ4v) is 4.55. The van der Waals surface area contributed by atoms with Crippen molar-refractivity contribution in [1.29, 1.82) is 0 Å². The molecule has 0 saturated heterocycles. The van der Waals surface area contributed by atoms with Crippen LogP contribution in [-0.4, -0.2) is 37.2 Å². The lowest BCUT2D eigenvalue weighted by molar-refractivity contribution is -0.132. The summed E-state index contributed by atoms with van der Waals surface area (Å²) in [5.74, 6) is -0.682. The third kappa shape index (κ3) is 3.47. The van der Waals surface area contributed by atoms with Gasteiger partial charge in [0.05, 0.1) is 18.7 Å². The second kappa shape index (κ2) is 7.71. The summed E-state index contributed by atoms with van der Waals surface area (Å²) in [6.07, 6.45) is 4.23. The molecule has 0 aliphatic carbocycles. The molecule has 0 unspecified atom stereocenters. The van der Waals surface area contributed by atoms with Gasteiger partial charge in [-0.15, -0.1) is 0 Å². The van der Waals surface area contributed by atoms with Crippen molar-refractivity contribution in [3.63, 3.8) is 0 Å². The monoisotopic (exact) mass is 432 g/mol. The van der Waals surface area contributed by atoms with Gasteiger partial charge in [-0.05, 0) is 25.0 Å². The normalized spacial score (nSPS) is 14.5. The van der Waals surface area contributed by atoms with Crippen molar-refractivity contribution in [2.24, 2.45) is 7.05 Å². The molecule has 2 N–H and O–H groups in total. The summed E-state index contributed by atoms with van der Waals surface area (Å²) < 4.78 is 7.36. The van der Waals surface area contributed by atoms with Gasteiger partial charge in [0.15, 0.2) is 5.76 Å². The highest BCUT2D eigenvalue weighted by atomic mass is 16.4. The highest BCUT2D eigenvalue weighted by molar-refractivity contribution is 5.86. The Balaban J connectivity index is 1.45. The lowest BCUT2D eigenvalue weighted by atomic mass is 9.93. The Morgan fingerprint density at radius 1 is 1.34 bits per heavy atom. The summed E-state index contributed by atoms with van der Waals surface area (Å²) in [5.41, 5.74) is 3.56. The van der Waals surface area contributed by atoms with E-state index in [0.29, 0.717) is 24.4 Å². The van der Waals surface area contributed by atoms with E-state index in [2.05, 4.69) is 16.1 Å². The number of carbonyl (C=O) groups is 1. The predicted octanol–water partition coefficient (Wildman–Crippen LogP) is 2.98. The van der Waals surface area contributed by atoms with Crippen molar-refractivity contribution in [3.05, 3.63) is 81.3 Å². The molecule has 1 aromatic carbocycles. The van der Waals surface area contributed by atoms with Gasteiger partial charge in [-0.1, -0.05) is 18.2 Å². The summed E-state index contributed by atoms with van der Waals surface area (Å²) in [5, 5.41) is 15.8. The summed E-state index contributed by atoms with van der Waals surface area (Å²) in [6, 6.07) is 9.40. The van der Waals surface area contributed by atoms with Gasteiger partial charge in [-0.25, -0.2) is 0 Å². The third-order valence-electron chi connectivity index (χ3n) is 6.13. The first-order valence-corrected chi connectivity index (χ1v) is 10.6. The molecular formula is C24H24N4O4. The van der Waals surface area contributed by atoms with E-state index in [9.17, 15) is 14.7 Å². The zero-order valence-corrected chi connectivity index (χ0v) is 18.0. The molecule has 3 aromatic heterocycles. The number of aryl methyl sites for hydroxylation is 2. The first-order chi connectivity index (χ1) is 15.4. The van der Waals surface area contributed by atoms with Gasteiger partial charge in [0, 0.05) is 54.4 Å². The fourth-order valence-electron chi connectivity index (χ4n) is 4.55. The number of nitrogens with one attached hydrogen (secondary N) is 1. The van der Waals surface area contributed by atoms with E-state index in [1.54, 1.807) is 31.0 Å². The highest BCUT2D eigenvalue weighted by Crippen LogP contribution is 2.34. The van der Waals surface area contributed by atoms with Crippen LogP contribution in [0.15, 0.2) is 51.9 Å². The maximum atomic E-state index is 13.4. The quantitative estimate of drug-likeness (QED) is 0.516. The lowest BCUT2D eigenvalue weighted by Crippen LogP contribution is -2.36. The molecule has 1 atom stereocenters. The molecule has 0 fully saturated rings. The molecule has 0 radical (unpaired) electrons. The molecule has 1 aliphatic rings. The lowest BCUT2D eigenvalue weighted by Gasteiger charge is -2.28. The summed E-state index contributed by atoms with van der Waals surface area (Å²) in [6.45, 7) is 2.75. The van der Waals surface area contributed by atoms with Gasteiger partial charge in [-0.2, -0.15) is 5.10 Å². The number of aromatic amines is 1. The second-order valence-corrected chi connectivity index (χ2v) is 8.33. The SMILES string of the molecule is Cc1cc(=O)c(O)c([C@H](CC(=O)N2CCc3c([nH]c4ccccc34)C2)c2cnn(C)c2)o1. The number of carbonyl (C=O) groups excluding carboxylic acids is 1. The Kier molecular flexibility index (Phi) is 4.84. The van der Waals surface area contributed by atoms with Crippen LogP contribution in [0.5, 0.6) is 5.75 Å². The van der Waals surface area contributed by atoms with E-state index in [1.165, 1.54) is 17.0 Å². The number of aromatic nitrogens is 3. The smallest absolute Gasteiger partial charge is 0.227 e. The van der Waals surface area contributed by atoms with Crippen molar-refractivity contribution in [3.8, 4) is 5.75 Å². The topological polar surface area (TPSA) is 104 Å². The molecule has 164 valence electrons. The van der Waals surface area contributed by atoms with E-state index >= 15 is 0 Å². The van der Waals surface area contributed by atoms with Gasteiger partial charge >= 0.3 is 0 Å². The molecule has 8 nitrogen and oxygen atoms in total. The van der Waals surface area contributed by atoms with Gasteiger partial charge in [0.1, 0.15) is 5.76 Å². The number of aromatic hydroxyl groups is 1. The number of para-hydroxylation sites is 1. The van der Waals surface area contributed by atoms with Crippen molar-refractivity contribution in [2.75, 3.05) is 6.54 Å². The van der Waals surface area contributed by atoms with Crippen LogP contribution in [0.25, 0.3) is 10.9 Å². The van der Waals surface area contributed by atoms with Crippen LogP contribution in [0.2, 0.25) is 0 Å². The van der Waals surface area contributed by atoms with Crippen LogP contribution < -0.4 is 5.43 Å². The first kappa shape index (κ1) is 20.1. The Labute approximate surface area is 184 Å². The predicted molar refractivity (Wildman–Crippen MR) is 118 cm³/mol. The summed E-state index contributed by atoms with van der Waals surface area (Å²) >= 11 is 0. The average Bonchev–Trinajstić information content (AvgIpc) is 3.37. The number of nitrogens with zero attached hydrogens (tertiary/aromatic N) is 3. The number of amides is 1. The number of H-pyrrole nitrogens is 1. The molecule has 32 heavy (non-hydrogen) atoms. The number of fused-ring (bicyclic) bond motifs is 3. The van der Waals surface area contributed by atoms with E-state index in [-0.39, 0.29) is 18.1 Å². The van der Waals surface area contributed by atoms with Gasteiger partial charge < -0.3 is 19.4 Å². The number of rotatable bonds is 4. The van der Waals surface area contributed by atoms with Crippen molar-refractivity contribution in [2.45, 2.75) is 32.2 Å². The zero-order chi connectivity index (χ0) is 22.4. The molecule has 4 aromatic rings.